The second kappa shape index (κ2) is 5.72. The summed E-state index contributed by atoms with van der Waals surface area (Å²) in [6, 6.07) is 6.08. The van der Waals surface area contributed by atoms with Crippen molar-refractivity contribution in [2.45, 2.75) is 45.7 Å². The molecule has 18 heavy (non-hydrogen) atoms. The van der Waals surface area contributed by atoms with Crippen molar-refractivity contribution in [3.8, 4) is 0 Å². The lowest BCUT2D eigenvalue weighted by molar-refractivity contribution is 0.601. The Morgan fingerprint density at radius 2 is 2.22 bits per heavy atom. The highest BCUT2D eigenvalue weighted by atomic mass is 35.5. The molecule has 1 aromatic carbocycles. The Balaban J connectivity index is 2.41. The van der Waals surface area contributed by atoms with Crippen LogP contribution in [-0.4, -0.2) is 15.6 Å². The summed E-state index contributed by atoms with van der Waals surface area (Å²) in [7, 11) is 0. The standard InChI is InChI=1S/C14H20ClN3/c1-3-8-18-13-9-11(15)5-6-12(13)17-14(18)7-4-10(2)16/h5-6,9-10H,3-4,7-8,16H2,1-2H3. The van der Waals surface area contributed by atoms with Gasteiger partial charge in [-0.3, -0.25) is 0 Å². The number of nitrogens with zero attached hydrogens (tertiary/aromatic N) is 2. The van der Waals surface area contributed by atoms with Crippen LogP contribution in [0.25, 0.3) is 11.0 Å². The van der Waals surface area contributed by atoms with E-state index in [0.29, 0.717) is 0 Å². The topological polar surface area (TPSA) is 43.8 Å². The Bertz CT molecular complexity index is 531. The van der Waals surface area contributed by atoms with Crippen LogP contribution in [0.1, 0.15) is 32.5 Å². The molecule has 2 aromatic rings. The number of imidazole rings is 1. The van der Waals surface area contributed by atoms with Gasteiger partial charge in [-0.25, -0.2) is 4.98 Å². The average molecular weight is 266 g/mol. The summed E-state index contributed by atoms with van der Waals surface area (Å²) in [4.78, 5) is 4.69. The molecule has 1 aromatic heterocycles. The number of fused-ring (bicyclic) bond motifs is 1. The highest BCUT2D eigenvalue weighted by Crippen LogP contribution is 2.22. The highest BCUT2D eigenvalue weighted by molar-refractivity contribution is 6.31. The van der Waals surface area contributed by atoms with Crippen LogP contribution in [0.4, 0.5) is 0 Å². The van der Waals surface area contributed by atoms with Gasteiger partial charge in [0.25, 0.3) is 0 Å². The molecule has 4 heteroatoms. The number of rotatable bonds is 5. The normalized spacial score (nSPS) is 13.1. The average Bonchev–Trinajstić information content (AvgIpc) is 2.65. The first-order valence-electron chi connectivity index (χ1n) is 6.52. The van der Waals surface area contributed by atoms with Crippen molar-refractivity contribution in [2.24, 2.45) is 5.73 Å². The monoisotopic (exact) mass is 265 g/mol. The number of nitrogens with two attached hydrogens (primary N) is 1. The van der Waals surface area contributed by atoms with Crippen LogP contribution >= 0.6 is 11.6 Å². The minimum atomic E-state index is 0.212. The molecule has 0 saturated carbocycles. The van der Waals surface area contributed by atoms with Crippen LogP contribution in [0, 0.1) is 0 Å². The summed E-state index contributed by atoms with van der Waals surface area (Å²) >= 11 is 6.07. The second-order valence-electron chi connectivity index (χ2n) is 4.83. The molecule has 0 amide bonds. The van der Waals surface area contributed by atoms with E-state index < -0.39 is 0 Å². The molecule has 0 saturated heterocycles. The van der Waals surface area contributed by atoms with Crippen LogP contribution in [-0.2, 0) is 13.0 Å². The molecular formula is C14H20ClN3. The summed E-state index contributed by atoms with van der Waals surface area (Å²) in [6.07, 6.45) is 2.97. The van der Waals surface area contributed by atoms with E-state index in [1.165, 1.54) is 0 Å². The van der Waals surface area contributed by atoms with E-state index in [4.69, 9.17) is 22.3 Å². The van der Waals surface area contributed by atoms with Gasteiger partial charge in [0, 0.05) is 24.0 Å². The molecule has 0 aliphatic carbocycles. The number of hydrogen-bond acceptors (Lipinski definition) is 2. The molecule has 98 valence electrons. The van der Waals surface area contributed by atoms with Crippen LogP contribution < -0.4 is 5.73 Å². The zero-order valence-electron chi connectivity index (χ0n) is 11.0. The Labute approximate surface area is 113 Å². The fraction of sp³-hybridized carbons (Fsp3) is 0.500. The first-order valence-corrected chi connectivity index (χ1v) is 6.90. The molecule has 0 radical (unpaired) electrons. The van der Waals surface area contributed by atoms with Gasteiger partial charge in [-0.2, -0.15) is 0 Å². The summed E-state index contributed by atoms with van der Waals surface area (Å²) in [5.41, 5.74) is 7.97. The quantitative estimate of drug-likeness (QED) is 0.901. The Kier molecular flexibility index (Phi) is 4.25. The SMILES string of the molecule is CCCn1c(CCC(C)N)nc2ccc(Cl)cc21. The van der Waals surface area contributed by atoms with Gasteiger partial charge in [0.05, 0.1) is 11.0 Å². The molecule has 0 fully saturated rings. The fourth-order valence-corrected chi connectivity index (χ4v) is 2.33. The molecule has 0 spiro atoms. The van der Waals surface area contributed by atoms with E-state index in [1.807, 2.05) is 25.1 Å². The molecule has 0 aliphatic rings. The van der Waals surface area contributed by atoms with E-state index in [0.717, 1.165) is 47.7 Å². The zero-order valence-corrected chi connectivity index (χ0v) is 11.7. The highest BCUT2D eigenvalue weighted by Gasteiger charge is 2.11. The van der Waals surface area contributed by atoms with Crippen LogP contribution in [0.3, 0.4) is 0 Å². The summed E-state index contributed by atoms with van der Waals surface area (Å²) in [5, 5.41) is 0.762. The van der Waals surface area contributed by atoms with Crippen LogP contribution in [0.2, 0.25) is 5.02 Å². The molecule has 0 bridgehead atoms. The molecule has 1 atom stereocenters. The maximum Gasteiger partial charge on any atom is 0.109 e. The third-order valence-corrected chi connectivity index (χ3v) is 3.29. The van der Waals surface area contributed by atoms with E-state index in [-0.39, 0.29) is 6.04 Å². The van der Waals surface area contributed by atoms with Crippen molar-refractivity contribution >= 4 is 22.6 Å². The number of aromatic nitrogens is 2. The molecule has 1 heterocycles. The molecule has 0 aliphatic heterocycles. The Morgan fingerprint density at radius 1 is 1.44 bits per heavy atom. The van der Waals surface area contributed by atoms with Crippen molar-refractivity contribution in [3.63, 3.8) is 0 Å². The van der Waals surface area contributed by atoms with Crippen LogP contribution in [0.15, 0.2) is 18.2 Å². The van der Waals surface area contributed by atoms with E-state index >= 15 is 0 Å². The Hall–Kier alpha value is -1.06. The molecular weight excluding hydrogens is 246 g/mol. The summed E-state index contributed by atoms with van der Waals surface area (Å²) < 4.78 is 2.27. The first-order chi connectivity index (χ1) is 8.61. The summed E-state index contributed by atoms with van der Waals surface area (Å²) in [5.74, 6) is 1.12. The largest absolute Gasteiger partial charge is 0.328 e. The van der Waals surface area contributed by atoms with Gasteiger partial charge < -0.3 is 10.3 Å². The number of hydrogen-bond donors (Lipinski definition) is 1. The van der Waals surface area contributed by atoms with Gasteiger partial charge in [0.1, 0.15) is 5.82 Å². The van der Waals surface area contributed by atoms with Crippen molar-refractivity contribution < 1.29 is 0 Å². The minimum Gasteiger partial charge on any atom is -0.328 e. The first kappa shape index (κ1) is 13.4. The second-order valence-corrected chi connectivity index (χ2v) is 5.27. The van der Waals surface area contributed by atoms with Crippen molar-refractivity contribution in [1.29, 1.82) is 0 Å². The molecule has 2 N–H and O–H groups in total. The fourth-order valence-electron chi connectivity index (χ4n) is 2.17. The lowest BCUT2D eigenvalue weighted by Gasteiger charge is -2.09. The van der Waals surface area contributed by atoms with Gasteiger partial charge in [-0.15, -0.1) is 0 Å². The van der Waals surface area contributed by atoms with E-state index in [1.54, 1.807) is 0 Å². The van der Waals surface area contributed by atoms with Gasteiger partial charge in [-0.05, 0) is 38.0 Å². The minimum absolute atomic E-state index is 0.212. The number of aryl methyl sites for hydroxylation is 2. The number of benzene rings is 1. The predicted octanol–water partition coefficient (Wildman–Crippen LogP) is 3.38. The smallest absolute Gasteiger partial charge is 0.109 e. The van der Waals surface area contributed by atoms with Crippen molar-refractivity contribution in [1.82, 2.24) is 9.55 Å². The maximum atomic E-state index is 6.07. The zero-order chi connectivity index (χ0) is 13.1. The van der Waals surface area contributed by atoms with E-state index in [9.17, 15) is 0 Å². The third kappa shape index (κ3) is 2.85. The van der Waals surface area contributed by atoms with E-state index in [2.05, 4.69) is 11.5 Å². The van der Waals surface area contributed by atoms with Gasteiger partial charge in [-0.1, -0.05) is 18.5 Å². The predicted molar refractivity (Wildman–Crippen MR) is 77.0 cm³/mol. The lowest BCUT2D eigenvalue weighted by atomic mass is 10.2. The van der Waals surface area contributed by atoms with Gasteiger partial charge in [0.2, 0.25) is 0 Å². The molecule has 3 nitrogen and oxygen atoms in total. The summed E-state index contributed by atoms with van der Waals surface area (Å²) in [6.45, 7) is 5.18. The van der Waals surface area contributed by atoms with Crippen molar-refractivity contribution in [2.75, 3.05) is 0 Å². The number of halogens is 1. The Morgan fingerprint density at radius 3 is 2.89 bits per heavy atom. The lowest BCUT2D eigenvalue weighted by Crippen LogP contribution is -2.16. The third-order valence-electron chi connectivity index (χ3n) is 3.06. The van der Waals surface area contributed by atoms with Gasteiger partial charge in [0.15, 0.2) is 0 Å². The maximum absolute atomic E-state index is 6.07. The van der Waals surface area contributed by atoms with Crippen molar-refractivity contribution in [3.05, 3.63) is 29.0 Å². The molecule has 2 rings (SSSR count). The van der Waals surface area contributed by atoms with Gasteiger partial charge >= 0.3 is 0 Å². The molecule has 1 unspecified atom stereocenters. The van der Waals surface area contributed by atoms with Crippen LogP contribution in [0.5, 0.6) is 0 Å².